The van der Waals surface area contributed by atoms with Crippen molar-refractivity contribution in [1.82, 2.24) is 4.98 Å². The lowest BCUT2D eigenvalue weighted by Gasteiger charge is -2.15. The van der Waals surface area contributed by atoms with Crippen molar-refractivity contribution in [2.75, 3.05) is 11.9 Å². The highest BCUT2D eigenvalue weighted by molar-refractivity contribution is 6.33. The van der Waals surface area contributed by atoms with E-state index in [4.69, 9.17) is 21.1 Å². The number of aryl methyl sites for hydroxylation is 1. The minimum atomic E-state index is -0.416. The summed E-state index contributed by atoms with van der Waals surface area (Å²) < 4.78 is 11.2. The lowest BCUT2D eigenvalue weighted by Crippen LogP contribution is -2.08. The van der Waals surface area contributed by atoms with E-state index in [1.165, 1.54) is 0 Å². The number of unbranched alkanes of at least 4 members (excludes halogenated alkanes) is 1. The number of fused-ring (bicyclic) bond motifs is 1. The third-order valence-electron chi connectivity index (χ3n) is 4.48. The summed E-state index contributed by atoms with van der Waals surface area (Å²) in [5.74, 6) is 0.364. The molecule has 0 unspecified atom stereocenters. The first kappa shape index (κ1) is 21.9. The van der Waals surface area contributed by atoms with Crippen molar-refractivity contribution in [2.45, 2.75) is 46.6 Å². The molecule has 0 saturated carbocycles. The lowest BCUT2D eigenvalue weighted by atomic mass is 10.1. The number of aromatic nitrogens is 1. The Kier molecular flexibility index (Phi) is 7.16. The van der Waals surface area contributed by atoms with E-state index in [9.17, 15) is 4.79 Å². The molecule has 0 aliphatic heterocycles. The first-order valence-electron chi connectivity index (χ1n) is 10.2. The molecule has 0 atom stereocenters. The zero-order valence-electron chi connectivity index (χ0n) is 17.8. The van der Waals surface area contributed by atoms with E-state index in [-0.39, 0.29) is 6.10 Å². The molecule has 0 saturated heterocycles. The van der Waals surface area contributed by atoms with E-state index in [0.717, 1.165) is 46.6 Å². The van der Waals surface area contributed by atoms with Gasteiger partial charge in [0.1, 0.15) is 5.75 Å². The van der Waals surface area contributed by atoms with E-state index in [0.29, 0.717) is 17.2 Å². The van der Waals surface area contributed by atoms with Crippen molar-refractivity contribution < 1.29 is 14.3 Å². The van der Waals surface area contributed by atoms with E-state index < -0.39 is 5.97 Å². The summed E-state index contributed by atoms with van der Waals surface area (Å²) in [6.07, 6.45) is 1.86. The Morgan fingerprint density at radius 3 is 2.70 bits per heavy atom. The van der Waals surface area contributed by atoms with Crippen LogP contribution in [-0.4, -0.2) is 23.7 Å². The molecule has 1 aromatic heterocycles. The van der Waals surface area contributed by atoms with Gasteiger partial charge >= 0.3 is 5.97 Å². The number of pyridine rings is 1. The first-order valence-corrected chi connectivity index (χ1v) is 10.6. The molecule has 0 bridgehead atoms. The van der Waals surface area contributed by atoms with E-state index >= 15 is 0 Å². The second kappa shape index (κ2) is 9.81. The summed E-state index contributed by atoms with van der Waals surface area (Å²) >= 11 is 6.24. The minimum Gasteiger partial charge on any atom is -0.491 e. The molecule has 2 aromatic carbocycles. The maximum absolute atomic E-state index is 12.4. The van der Waals surface area contributed by atoms with Crippen LogP contribution in [-0.2, 0) is 4.74 Å². The molecule has 3 aromatic rings. The summed E-state index contributed by atoms with van der Waals surface area (Å²) in [7, 11) is 0. The average molecular weight is 427 g/mol. The predicted molar refractivity (Wildman–Crippen MR) is 122 cm³/mol. The molecule has 1 N–H and O–H groups in total. The second-order valence-electron chi connectivity index (χ2n) is 7.47. The molecule has 5 nitrogen and oxygen atoms in total. The second-order valence-corrected chi connectivity index (χ2v) is 7.87. The number of halogens is 1. The summed E-state index contributed by atoms with van der Waals surface area (Å²) in [6.45, 7) is 8.36. The Bertz CT molecular complexity index is 1050. The molecule has 0 fully saturated rings. The van der Waals surface area contributed by atoms with Gasteiger partial charge in [0.2, 0.25) is 0 Å². The molecule has 6 heteroatoms. The molecule has 0 spiro atoms. The molecule has 3 rings (SSSR count). The SMILES string of the molecule is CCCCOC(=O)c1cc(Nc2cc(C)nc3ccc(OC(C)C)cc23)ccc1Cl. The number of hydrogen-bond donors (Lipinski definition) is 1. The smallest absolute Gasteiger partial charge is 0.339 e. The first-order chi connectivity index (χ1) is 14.4. The number of carbonyl (C=O) groups is 1. The molecule has 0 radical (unpaired) electrons. The van der Waals surface area contributed by atoms with Crippen molar-refractivity contribution in [3.05, 3.63) is 58.7 Å². The van der Waals surface area contributed by atoms with Crippen LogP contribution in [0.1, 0.15) is 49.7 Å². The highest BCUT2D eigenvalue weighted by Gasteiger charge is 2.14. The number of benzene rings is 2. The molecule has 30 heavy (non-hydrogen) atoms. The van der Waals surface area contributed by atoms with Crippen LogP contribution in [0.15, 0.2) is 42.5 Å². The average Bonchev–Trinajstić information content (AvgIpc) is 2.69. The van der Waals surface area contributed by atoms with Crippen LogP contribution in [0.25, 0.3) is 10.9 Å². The lowest BCUT2D eigenvalue weighted by molar-refractivity contribution is 0.0500. The monoisotopic (exact) mass is 426 g/mol. The van der Waals surface area contributed by atoms with Crippen molar-refractivity contribution >= 4 is 39.8 Å². The summed E-state index contributed by atoms with van der Waals surface area (Å²) in [5.41, 5.74) is 3.71. The Labute approximate surface area is 182 Å². The normalized spacial score (nSPS) is 11.0. The summed E-state index contributed by atoms with van der Waals surface area (Å²) in [4.78, 5) is 17.0. The van der Waals surface area contributed by atoms with Crippen molar-refractivity contribution in [1.29, 1.82) is 0 Å². The quantitative estimate of drug-likeness (QED) is 0.321. The van der Waals surface area contributed by atoms with E-state index in [2.05, 4.69) is 10.3 Å². The highest BCUT2D eigenvalue weighted by atomic mass is 35.5. The van der Waals surface area contributed by atoms with Gasteiger partial charge in [-0.1, -0.05) is 24.9 Å². The fourth-order valence-electron chi connectivity index (χ4n) is 3.09. The fourth-order valence-corrected chi connectivity index (χ4v) is 3.28. The van der Waals surface area contributed by atoms with Gasteiger partial charge in [0.25, 0.3) is 0 Å². The summed E-state index contributed by atoms with van der Waals surface area (Å²) in [5, 5.41) is 4.69. The van der Waals surface area contributed by atoms with Crippen LogP contribution in [0.2, 0.25) is 5.02 Å². The Morgan fingerprint density at radius 2 is 1.97 bits per heavy atom. The van der Waals surface area contributed by atoms with Gasteiger partial charge in [0.15, 0.2) is 0 Å². The number of rotatable bonds is 8. The third-order valence-corrected chi connectivity index (χ3v) is 4.81. The Hall–Kier alpha value is -2.79. The van der Waals surface area contributed by atoms with Crippen molar-refractivity contribution in [2.24, 2.45) is 0 Å². The number of ether oxygens (including phenoxy) is 2. The molecule has 0 aliphatic rings. The summed E-state index contributed by atoms with van der Waals surface area (Å²) in [6, 6.07) is 13.1. The van der Waals surface area contributed by atoms with Crippen LogP contribution >= 0.6 is 11.6 Å². The minimum absolute atomic E-state index is 0.0785. The fraction of sp³-hybridized carbons (Fsp3) is 0.333. The van der Waals surface area contributed by atoms with Gasteiger partial charge in [-0.25, -0.2) is 4.79 Å². The largest absolute Gasteiger partial charge is 0.491 e. The number of carbonyl (C=O) groups excluding carboxylic acids is 1. The predicted octanol–water partition coefficient (Wildman–Crippen LogP) is 6.68. The molecule has 1 heterocycles. The standard InChI is InChI=1S/C24H27ClN2O3/c1-5-6-11-29-24(28)19-13-17(7-9-21(19)25)27-23-12-16(4)26-22-10-8-18(14-20(22)23)30-15(2)3/h7-10,12-15H,5-6,11H2,1-4H3,(H,26,27). The third kappa shape index (κ3) is 5.42. The van der Waals surface area contributed by atoms with Gasteiger partial charge in [0, 0.05) is 22.5 Å². The maximum Gasteiger partial charge on any atom is 0.339 e. The van der Waals surface area contributed by atoms with Crippen molar-refractivity contribution in [3.63, 3.8) is 0 Å². The zero-order valence-corrected chi connectivity index (χ0v) is 18.5. The zero-order chi connectivity index (χ0) is 21.7. The number of esters is 1. The topological polar surface area (TPSA) is 60.5 Å². The van der Waals surface area contributed by atoms with Gasteiger partial charge in [-0.2, -0.15) is 0 Å². The number of nitrogens with one attached hydrogen (secondary N) is 1. The van der Waals surface area contributed by atoms with Crippen LogP contribution in [0, 0.1) is 6.92 Å². The van der Waals surface area contributed by atoms with Crippen LogP contribution in [0.5, 0.6) is 5.75 Å². The van der Waals surface area contributed by atoms with Gasteiger partial charge < -0.3 is 14.8 Å². The Balaban J connectivity index is 1.93. The highest BCUT2D eigenvalue weighted by Crippen LogP contribution is 2.31. The molecule has 0 aliphatic carbocycles. The van der Waals surface area contributed by atoms with Crippen molar-refractivity contribution in [3.8, 4) is 5.75 Å². The van der Waals surface area contributed by atoms with E-state index in [1.807, 2.05) is 58.0 Å². The molecule has 0 amide bonds. The maximum atomic E-state index is 12.4. The number of anilines is 2. The molecular weight excluding hydrogens is 400 g/mol. The van der Waals surface area contributed by atoms with Crippen LogP contribution in [0.4, 0.5) is 11.4 Å². The number of nitrogens with zero attached hydrogens (tertiary/aromatic N) is 1. The van der Waals surface area contributed by atoms with Gasteiger partial charge in [-0.05, 0) is 69.7 Å². The van der Waals surface area contributed by atoms with Gasteiger partial charge in [-0.3, -0.25) is 4.98 Å². The van der Waals surface area contributed by atoms with E-state index in [1.54, 1.807) is 12.1 Å². The van der Waals surface area contributed by atoms with Gasteiger partial charge in [0.05, 0.1) is 28.8 Å². The molecule has 158 valence electrons. The van der Waals surface area contributed by atoms with Gasteiger partial charge in [-0.15, -0.1) is 0 Å². The van der Waals surface area contributed by atoms with Crippen LogP contribution in [0.3, 0.4) is 0 Å². The molecular formula is C24H27ClN2O3. The Morgan fingerprint density at radius 1 is 1.17 bits per heavy atom. The van der Waals surface area contributed by atoms with Crippen LogP contribution < -0.4 is 10.1 Å². The number of hydrogen-bond acceptors (Lipinski definition) is 5.